The lowest BCUT2D eigenvalue weighted by Crippen LogP contribution is -2.38. The van der Waals surface area contributed by atoms with Gasteiger partial charge in [-0.15, -0.1) is 0 Å². The van der Waals surface area contributed by atoms with Gasteiger partial charge in [-0.05, 0) is 36.6 Å². The van der Waals surface area contributed by atoms with Crippen molar-refractivity contribution in [2.75, 3.05) is 11.9 Å². The van der Waals surface area contributed by atoms with Crippen LogP contribution in [0.1, 0.15) is 38.4 Å². The standard InChI is InChI=1S/C21H18N2O3.C2H6/c1-3-11-13-8-14-18-17(10(2)12-6-4-5-7-16(12)22-18)23-19(14)20(24)15(13)9-26-21(11)25;1-2/h4-8,11,19,23H,3,9H2,1-2H3;1-2H3. The van der Waals surface area contributed by atoms with Crippen LogP contribution >= 0.6 is 0 Å². The molecule has 0 saturated heterocycles. The Hall–Kier alpha value is -2.95. The molecule has 28 heavy (non-hydrogen) atoms. The van der Waals surface area contributed by atoms with Crippen LogP contribution in [0.5, 0.6) is 0 Å². The van der Waals surface area contributed by atoms with Gasteiger partial charge in [0.1, 0.15) is 12.6 Å². The highest BCUT2D eigenvalue weighted by molar-refractivity contribution is 6.17. The van der Waals surface area contributed by atoms with E-state index in [-0.39, 0.29) is 24.3 Å². The lowest BCUT2D eigenvalue weighted by atomic mass is 9.80. The fourth-order valence-corrected chi connectivity index (χ4v) is 4.27. The monoisotopic (exact) mass is 376 g/mol. The number of nitrogens with zero attached hydrogens (tertiary/aromatic N) is 1. The van der Waals surface area contributed by atoms with E-state index in [1.165, 1.54) is 0 Å². The number of para-hydroxylation sites is 1. The van der Waals surface area contributed by atoms with E-state index in [0.29, 0.717) is 12.0 Å². The molecule has 0 spiro atoms. The normalized spacial score (nSPS) is 22.4. The summed E-state index contributed by atoms with van der Waals surface area (Å²) in [5.74, 6) is -0.630. The third-order valence-electron chi connectivity index (χ3n) is 5.67. The van der Waals surface area contributed by atoms with Crippen LogP contribution in [0.3, 0.4) is 0 Å². The summed E-state index contributed by atoms with van der Waals surface area (Å²) >= 11 is 0. The molecule has 5 rings (SSSR count). The number of pyridine rings is 1. The highest BCUT2D eigenvalue weighted by Gasteiger charge is 2.43. The van der Waals surface area contributed by atoms with Crippen LogP contribution < -0.4 is 5.32 Å². The van der Waals surface area contributed by atoms with Crippen LogP contribution in [0.2, 0.25) is 0 Å². The summed E-state index contributed by atoms with van der Waals surface area (Å²) in [6.07, 6.45) is 2.61. The van der Waals surface area contributed by atoms with E-state index in [2.05, 4.69) is 5.32 Å². The average molecular weight is 376 g/mol. The van der Waals surface area contributed by atoms with Crippen LogP contribution in [-0.2, 0) is 14.3 Å². The summed E-state index contributed by atoms with van der Waals surface area (Å²) in [7, 11) is 0. The SMILES string of the molecule is CC.CCC1C(=O)OCC2=C1C=C1c3nc4ccccc4c(C)c3NC1C2=O. The van der Waals surface area contributed by atoms with Crippen molar-refractivity contribution in [3.63, 3.8) is 0 Å². The number of esters is 1. The van der Waals surface area contributed by atoms with Gasteiger partial charge < -0.3 is 10.1 Å². The molecule has 1 aliphatic carbocycles. The highest BCUT2D eigenvalue weighted by Crippen LogP contribution is 2.44. The zero-order valence-electron chi connectivity index (χ0n) is 16.6. The number of hydrogen-bond acceptors (Lipinski definition) is 5. The molecule has 3 heterocycles. The maximum Gasteiger partial charge on any atom is 0.313 e. The second-order valence-corrected chi connectivity index (χ2v) is 7.02. The fourth-order valence-electron chi connectivity index (χ4n) is 4.27. The molecule has 0 bridgehead atoms. The lowest BCUT2D eigenvalue weighted by Gasteiger charge is -2.30. The zero-order valence-corrected chi connectivity index (χ0v) is 16.6. The van der Waals surface area contributed by atoms with Crippen LogP contribution in [-0.4, -0.2) is 29.4 Å². The Morgan fingerprint density at radius 2 is 1.96 bits per heavy atom. The largest absolute Gasteiger partial charge is 0.460 e. The van der Waals surface area contributed by atoms with E-state index >= 15 is 0 Å². The van der Waals surface area contributed by atoms with E-state index in [4.69, 9.17) is 9.72 Å². The second-order valence-electron chi connectivity index (χ2n) is 7.02. The minimum atomic E-state index is -0.443. The van der Waals surface area contributed by atoms with Crippen LogP contribution in [0.15, 0.2) is 41.5 Å². The summed E-state index contributed by atoms with van der Waals surface area (Å²) in [6.45, 7) is 8.05. The van der Waals surface area contributed by atoms with Crippen molar-refractivity contribution in [3.8, 4) is 0 Å². The minimum absolute atomic E-state index is 0.00935. The van der Waals surface area contributed by atoms with Crippen molar-refractivity contribution < 1.29 is 14.3 Å². The van der Waals surface area contributed by atoms with Gasteiger partial charge in [0.25, 0.3) is 0 Å². The molecule has 1 N–H and O–H groups in total. The number of carbonyl (C=O) groups is 2. The first-order chi connectivity index (χ1) is 13.6. The van der Waals surface area contributed by atoms with Gasteiger partial charge in [0.05, 0.1) is 22.8 Å². The predicted molar refractivity (Wildman–Crippen MR) is 110 cm³/mol. The number of Topliss-reactive ketones (excluding diaryl/α,β-unsaturated/α-hetero) is 1. The summed E-state index contributed by atoms with van der Waals surface area (Å²) in [5.41, 5.74) is 6.02. The van der Waals surface area contributed by atoms with Gasteiger partial charge in [-0.3, -0.25) is 9.59 Å². The molecule has 3 aliphatic rings. The van der Waals surface area contributed by atoms with Gasteiger partial charge in [-0.1, -0.05) is 39.0 Å². The van der Waals surface area contributed by atoms with Gasteiger partial charge in [0, 0.05) is 16.5 Å². The van der Waals surface area contributed by atoms with Crippen molar-refractivity contribution in [2.24, 2.45) is 5.92 Å². The Labute approximate surface area is 164 Å². The molecule has 1 aromatic heterocycles. The molecule has 2 aliphatic heterocycles. The Morgan fingerprint density at radius 1 is 1.21 bits per heavy atom. The number of allylic oxidation sites excluding steroid dienone is 1. The van der Waals surface area contributed by atoms with Gasteiger partial charge in [0.2, 0.25) is 0 Å². The number of aromatic nitrogens is 1. The molecular formula is C23H24N2O3. The minimum Gasteiger partial charge on any atom is -0.460 e. The van der Waals surface area contributed by atoms with E-state index in [0.717, 1.165) is 39.0 Å². The molecular weight excluding hydrogens is 352 g/mol. The average Bonchev–Trinajstić information content (AvgIpc) is 3.09. The molecule has 2 unspecified atom stereocenters. The fraction of sp³-hybridized carbons (Fsp3) is 0.348. The number of carbonyl (C=O) groups excluding carboxylic acids is 2. The van der Waals surface area contributed by atoms with Crippen molar-refractivity contribution in [1.82, 2.24) is 4.98 Å². The first-order valence-electron chi connectivity index (χ1n) is 9.92. The Kier molecular flexibility index (Phi) is 4.53. The first kappa shape index (κ1) is 18.4. The molecule has 2 atom stereocenters. The third-order valence-corrected chi connectivity index (χ3v) is 5.67. The first-order valence-corrected chi connectivity index (χ1v) is 9.92. The van der Waals surface area contributed by atoms with Crippen molar-refractivity contribution >= 4 is 33.9 Å². The Balaban J connectivity index is 0.000000932. The highest BCUT2D eigenvalue weighted by atomic mass is 16.5. The maximum absolute atomic E-state index is 13.1. The summed E-state index contributed by atoms with van der Waals surface area (Å²) in [6, 6.07) is 7.54. The molecule has 0 radical (unpaired) electrons. The van der Waals surface area contributed by atoms with Gasteiger partial charge in [-0.25, -0.2) is 4.98 Å². The molecule has 2 aromatic rings. The van der Waals surface area contributed by atoms with Gasteiger partial charge in [-0.2, -0.15) is 0 Å². The summed E-state index contributed by atoms with van der Waals surface area (Å²) < 4.78 is 5.24. The molecule has 5 heteroatoms. The third kappa shape index (κ3) is 2.49. The Morgan fingerprint density at radius 3 is 2.71 bits per heavy atom. The summed E-state index contributed by atoms with van der Waals surface area (Å²) in [5, 5.41) is 4.45. The maximum atomic E-state index is 13.1. The number of anilines is 1. The molecule has 144 valence electrons. The number of cyclic esters (lactones) is 1. The summed E-state index contributed by atoms with van der Waals surface area (Å²) in [4.78, 5) is 30.0. The van der Waals surface area contributed by atoms with E-state index < -0.39 is 6.04 Å². The number of aryl methyl sites for hydroxylation is 1. The molecule has 1 aromatic carbocycles. The quantitative estimate of drug-likeness (QED) is 0.755. The van der Waals surface area contributed by atoms with Crippen molar-refractivity contribution in [1.29, 1.82) is 0 Å². The smallest absolute Gasteiger partial charge is 0.313 e. The molecule has 5 nitrogen and oxygen atoms in total. The van der Waals surface area contributed by atoms with Crippen LogP contribution in [0, 0.1) is 12.8 Å². The molecule has 0 saturated carbocycles. The number of nitrogens with one attached hydrogen (secondary N) is 1. The zero-order chi connectivity index (χ0) is 20.0. The number of benzene rings is 1. The van der Waals surface area contributed by atoms with Crippen LogP contribution in [0.4, 0.5) is 5.69 Å². The number of rotatable bonds is 1. The number of ether oxygens (including phenoxy) is 1. The van der Waals surface area contributed by atoms with Crippen molar-refractivity contribution in [2.45, 2.75) is 40.2 Å². The van der Waals surface area contributed by atoms with E-state index in [1.807, 2.05) is 58.0 Å². The molecule has 0 amide bonds. The van der Waals surface area contributed by atoms with Gasteiger partial charge >= 0.3 is 5.97 Å². The molecule has 0 fully saturated rings. The predicted octanol–water partition coefficient (Wildman–Crippen LogP) is 4.21. The topological polar surface area (TPSA) is 68.3 Å². The van der Waals surface area contributed by atoms with Crippen molar-refractivity contribution in [3.05, 3.63) is 52.7 Å². The Bertz CT molecular complexity index is 1060. The second kappa shape index (κ2) is 6.89. The number of ketones is 1. The van der Waals surface area contributed by atoms with E-state index in [1.54, 1.807) is 0 Å². The van der Waals surface area contributed by atoms with Crippen LogP contribution in [0.25, 0.3) is 16.5 Å². The van der Waals surface area contributed by atoms with Gasteiger partial charge in [0.15, 0.2) is 5.78 Å². The lowest BCUT2D eigenvalue weighted by molar-refractivity contribution is -0.147. The van der Waals surface area contributed by atoms with E-state index in [9.17, 15) is 9.59 Å². The number of hydrogen-bond donors (Lipinski definition) is 1. The number of fused-ring (bicyclic) bond motifs is 4.